The Morgan fingerprint density at radius 2 is 2.38 bits per heavy atom. The number of rotatable bonds is 3. The van der Waals surface area contributed by atoms with Gasteiger partial charge >= 0.3 is 0 Å². The summed E-state index contributed by atoms with van der Waals surface area (Å²) in [5, 5.41) is 7.44. The first-order valence-electron chi connectivity index (χ1n) is 7.52. The fraction of sp³-hybridized carbons (Fsp3) is 0.533. The molecule has 6 heteroatoms. The quantitative estimate of drug-likeness (QED) is 0.936. The van der Waals surface area contributed by atoms with E-state index in [-0.39, 0.29) is 11.8 Å². The number of amides is 1. The van der Waals surface area contributed by atoms with Crippen LogP contribution in [-0.4, -0.2) is 45.5 Å². The molecule has 0 bridgehead atoms. The Kier molecular flexibility index (Phi) is 3.77. The molecule has 112 valence electrons. The lowest BCUT2D eigenvalue weighted by molar-refractivity contribution is -0.132. The van der Waals surface area contributed by atoms with Crippen LogP contribution in [0.5, 0.6) is 0 Å². The van der Waals surface area contributed by atoms with E-state index >= 15 is 0 Å². The molecule has 0 radical (unpaired) electrons. The molecule has 2 aromatic heterocycles. The Bertz CT molecular complexity index is 651. The van der Waals surface area contributed by atoms with E-state index in [2.05, 4.69) is 10.4 Å². The van der Waals surface area contributed by atoms with E-state index in [0.29, 0.717) is 6.42 Å². The van der Waals surface area contributed by atoms with Crippen LogP contribution >= 0.6 is 0 Å². The molecule has 0 spiro atoms. The van der Waals surface area contributed by atoms with Gasteiger partial charge in [0.25, 0.3) is 0 Å². The number of likely N-dealkylation sites (tertiary alicyclic amines) is 1. The third-order valence-corrected chi connectivity index (χ3v) is 4.14. The minimum absolute atomic E-state index is 0.230. The highest BCUT2D eigenvalue weighted by molar-refractivity contribution is 5.76. The van der Waals surface area contributed by atoms with Gasteiger partial charge in [0.15, 0.2) is 5.82 Å². The van der Waals surface area contributed by atoms with Crippen LogP contribution in [-0.2, 0) is 4.79 Å². The van der Waals surface area contributed by atoms with Crippen molar-refractivity contribution in [2.75, 3.05) is 25.5 Å². The Morgan fingerprint density at radius 3 is 3.14 bits per heavy atom. The van der Waals surface area contributed by atoms with Crippen LogP contribution in [0.25, 0.3) is 5.52 Å². The molecule has 1 N–H and O–H groups in total. The fourth-order valence-electron chi connectivity index (χ4n) is 2.99. The van der Waals surface area contributed by atoms with Crippen LogP contribution in [0, 0.1) is 0 Å². The van der Waals surface area contributed by atoms with Crippen LogP contribution in [0.2, 0.25) is 0 Å². The van der Waals surface area contributed by atoms with E-state index in [1.165, 1.54) is 0 Å². The van der Waals surface area contributed by atoms with Crippen LogP contribution in [0.4, 0.5) is 5.82 Å². The van der Waals surface area contributed by atoms with Gasteiger partial charge in [-0.05, 0) is 18.9 Å². The first-order valence-corrected chi connectivity index (χ1v) is 7.52. The van der Waals surface area contributed by atoms with Crippen molar-refractivity contribution in [2.45, 2.75) is 32.1 Å². The predicted octanol–water partition coefficient (Wildman–Crippen LogP) is 1.89. The van der Waals surface area contributed by atoms with Gasteiger partial charge in [0, 0.05) is 32.5 Å². The molecule has 2 aromatic rings. The Balaban J connectivity index is 1.90. The van der Waals surface area contributed by atoms with Crippen molar-refractivity contribution >= 4 is 17.2 Å². The summed E-state index contributed by atoms with van der Waals surface area (Å²) in [5.74, 6) is 1.35. The Labute approximate surface area is 124 Å². The molecular weight excluding hydrogens is 266 g/mol. The monoisotopic (exact) mass is 287 g/mol. The van der Waals surface area contributed by atoms with Gasteiger partial charge in [0.2, 0.25) is 5.91 Å². The summed E-state index contributed by atoms with van der Waals surface area (Å²) in [6.45, 7) is 3.54. The molecule has 1 fully saturated rings. The van der Waals surface area contributed by atoms with Crippen molar-refractivity contribution in [1.82, 2.24) is 19.5 Å². The van der Waals surface area contributed by atoms with Gasteiger partial charge in [-0.25, -0.2) is 9.50 Å². The second kappa shape index (κ2) is 5.71. The summed E-state index contributed by atoms with van der Waals surface area (Å²) in [4.78, 5) is 18.6. The first kappa shape index (κ1) is 13.9. The zero-order valence-corrected chi connectivity index (χ0v) is 12.5. The van der Waals surface area contributed by atoms with E-state index in [1.54, 1.807) is 6.20 Å². The van der Waals surface area contributed by atoms with Gasteiger partial charge in [-0.2, -0.15) is 5.10 Å². The second-order valence-corrected chi connectivity index (χ2v) is 5.46. The van der Waals surface area contributed by atoms with Gasteiger partial charge < -0.3 is 10.2 Å². The van der Waals surface area contributed by atoms with Crippen LogP contribution in [0.15, 0.2) is 18.5 Å². The molecule has 1 saturated heterocycles. The minimum Gasteiger partial charge on any atom is -0.371 e. The molecule has 0 unspecified atom stereocenters. The highest BCUT2D eigenvalue weighted by atomic mass is 16.2. The summed E-state index contributed by atoms with van der Waals surface area (Å²) in [5.41, 5.74) is 1.97. The van der Waals surface area contributed by atoms with Gasteiger partial charge in [0.1, 0.15) is 5.52 Å². The third-order valence-electron chi connectivity index (χ3n) is 4.14. The predicted molar refractivity (Wildman–Crippen MR) is 81.4 cm³/mol. The number of aromatic nitrogens is 3. The number of anilines is 1. The largest absolute Gasteiger partial charge is 0.371 e. The number of hydrogen-bond acceptors (Lipinski definition) is 4. The summed E-state index contributed by atoms with van der Waals surface area (Å²) in [6, 6.07) is 1.94. The van der Waals surface area contributed by atoms with Crippen molar-refractivity contribution in [1.29, 1.82) is 0 Å². The van der Waals surface area contributed by atoms with Crippen molar-refractivity contribution in [2.24, 2.45) is 0 Å². The lowest BCUT2D eigenvalue weighted by atomic mass is 9.94. The van der Waals surface area contributed by atoms with Gasteiger partial charge in [-0.1, -0.05) is 6.92 Å². The number of fused-ring (bicyclic) bond motifs is 1. The van der Waals surface area contributed by atoms with Crippen molar-refractivity contribution in [3.8, 4) is 0 Å². The molecule has 3 rings (SSSR count). The molecule has 21 heavy (non-hydrogen) atoms. The molecule has 1 amide bonds. The number of nitrogens with zero attached hydrogens (tertiary/aromatic N) is 4. The average molecular weight is 287 g/mol. The summed E-state index contributed by atoms with van der Waals surface area (Å²) >= 11 is 0. The fourth-order valence-corrected chi connectivity index (χ4v) is 2.99. The highest BCUT2D eigenvalue weighted by Gasteiger charge is 2.25. The number of piperidine rings is 1. The van der Waals surface area contributed by atoms with Crippen molar-refractivity contribution in [3.63, 3.8) is 0 Å². The van der Waals surface area contributed by atoms with E-state index in [9.17, 15) is 4.79 Å². The zero-order chi connectivity index (χ0) is 14.8. The standard InChI is InChI=1S/C15H21N5O/c1-3-14(21)19-8-4-5-11(9-19)12-10-20-13(6-7-17-20)15(16-2)18-12/h6-7,10-11H,3-5,8-9H2,1-2H3,(H,16,18)/t11-/m0/s1. The molecule has 3 heterocycles. The van der Waals surface area contributed by atoms with Crippen molar-refractivity contribution < 1.29 is 4.79 Å². The first-order chi connectivity index (χ1) is 10.2. The lowest BCUT2D eigenvalue weighted by Gasteiger charge is -2.32. The topological polar surface area (TPSA) is 62.5 Å². The minimum atomic E-state index is 0.230. The molecule has 0 saturated carbocycles. The van der Waals surface area contributed by atoms with E-state index < -0.39 is 0 Å². The number of carbonyl (C=O) groups is 1. The van der Waals surface area contributed by atoms with E-state index in [1.807, 2.05) is 35.6 Å². The molecule has 1 atom stereocenters. The van der Waals surface area contributed by atoms with Gasteiger partial charge in [-0.3, -0.25) is 4.79 Å². The maximum Gasteiger partial charge on any atom is 0.222 e. The van der Waals surface area contributed by atoms with Crippen LogP contribution in [0.1, 0.15) is 37.8 Å². The average Bonchev–Trinajstić information content (AvgIpc) is 3.01. The number of carbonyl (C=O) groups excluding carboxylic acids is 1. The second-order valence-electron chi connectivity index (χ2n) is 5.46. The summed E-state index contributed by atoms with van der Waals surface area (Å²) in [6.07, 6.45) is 6.43. The normalized spacial score (nSPS) is 19.0. The smallest absolute Gasteiger partial charge is 0.222 e. The number of hydrogen-bond donors (Lipinski definition) is 1. The molecule has 6 nitrogen and oxygen atoms in total. The lowest BCUT2D eigenvalue weighted by Crippen LogP contribution is -2.39. The summed E-state index contributed by atoms with van der Waals surface area (Å²) < 4.78 is 1.86. The molecule has 0 aromatic carbocycles. The van der Waals surface area contributed by atoms with Crippen LogP contribution in [0.3, 0.4) is 0 Å². The maximum absolute atomic E-state index is 11.9. The van der Waals surface area contributed by atoms with E-state index in [4.69, 9.17) is 4.98 Å². The van der Waals surface area contributed by atoms with Crippen molar-refractivity contribution in [3.05, 3.63) is 24.2 Å². The Morgan fingerprint density at radius 1 is 1.52 bits per heavy atom. The third kappa shape index (κ3) is 2.57. The maximum atomic E-state index is 11.9. The SMILES string of the molecule is CCC(=O)N1CCC[C@H](c2cn3nccc3c(NC)n2)C1. The highest BCUT2D eigenvalue weighted by Crippen LogP contribution is 2.27. The van der Waals surface area contributed by atoms with Gasteiger partial charge in [-0.15, -0.1) is 0 Å². The van der Waals surface area contributed by atoms with Crippen LogP contribution < -0.4 is 5.32 Å². The molecule has 1 aliphatic rings. The Hall–Kier alpha value is -2.11. The van der Waals surface area contributed by atoms with E-state index in [0.717, 1.165) is 43.0 Å². The molecule has 0 aliphatic carbocycles. The summed E-state index contributed by atoms with van der Waals surface area (Å²) in [7, 11) is 1.87. The number of nitrogens with one attached hydrogen (secondary N) is 1. The zero-order valence-electron chi connectivity index (χ0n) is 12.5. The van der Waals surface area contributed by atoms with Gasteiger partial charge in [0.05, 0.1) is 18.1 Å². The molecular formula is C15H21N5O. The molecule has 1 aliphatic heterocycles.